The van der Waals surface area contributed by atoms with Gasteiger partial charge in [-0.05, 0) is 45.0 Å². The maximum atomic E-state index is 13.5. The number of hydrogen-bond donors (Lipinski definition) is 1. The average molecular weight is 271 g/mol. The molecule has 3 aromatic rings. The van der Waals surface area contributed by atoms with Crippen LogP contribution in [0.1, 0.15) is 28.7 Å². The lowest BCUT2D eigenvalue weighted by atomic mass is 10.1. The molecule has 0 bridgehead atoms. The van der Waals surface area contributed by atoms with Crippen molar-refractivity contribution in [2.45, 2.75) is 20.8 Å². The number of carbonyl (C=O) groups excluding carboxylic acids is 1. The summed E-state index contributed by atoms with van der Waals surface area (Å²) in [5, 5.41) is 0.756. The van der Waals surface area contributed by atoms with Gasteiger partial charge in [0.05, 0.1) is 5.56 Å². The van der Waals surface area contributed by atoms with Gasteiger partial charge in [0.1, 0.15) is 17.3 Å². The zero-order valence-corrected chi connectivity index (χ0v) is 11.5. The zero-order valence-electron chi connectivity index (χ0n) is 11.5. The Bertz CT molecular complexity index is 826. The number of ketones is 1. The Morgan fingerprint density at radius 3 is 2.65 bits per heavy atom. The van der Waals surface area contributed by atoms with E-state index >= 15 is 0 Å². The van der Waals surface area contributed by atoms with Crippen molar-refractivity contribution in [3.8, 4) is 11.3 Å². The first-order chi connectivity index (χ1) is 9.47. The summed E-state index contributed by atoms with van der Waals surface area (Å²) in [5.41, 5.74) is 3.09. The van der Waals surface area contributed by atoms with Crippen molar-refractivity contribution in [3.63, 3.8) is 0 Å². The van der Waals surface area contributed by atoms with Crippen LogP contribution in [0.2, 0.25) is 0 Å². The second kappa shape index (κ2) is 4.34. The number of rotatable bonds is 2. The van der Waals surface area contributed by atoms with Crippen molar-refractivity contribution in [1.82, 2.24) is 4.98 Å². The fourth-order valence-corrected chi connectivity index (χ4v) is 2.57. The van der Waals surface area contributed by atoms with Crippen molar-refractivity contribution >= 4 is 16.7 Å². The summed E-state index contributed by atoms with van der Waals surface area (Å²) >= 11 is 0. The summed E-state index contributed by atoms with van der Waals surface area (Å²) in [5.74, 6) is 0.827. The van der Waals surface area contributed by atoms with Crippen LogP contribution < -0.4 is 0 Å². The lowest BCUT2D eigenvalue weighted by molar-refractivity contribution is 0.101. The molecule has 3 nitrogen and oxygen atoms in total. The normalized spacial score (nSPS) is 11.2. The molecule has 0 fully saturated rings. The molecule has 3 rings (SSSR count). The fraction of sp³-hybridized carbons (Fsp3) is 0.188. The third-order valence-corrected chi connectivity index (χ3v) is 3.49. The van der Waals surface area contributed by atoms with E-state index in [1.807, 2.05) is 6.92 Å². The molecule has 1 N–H and O–H groups in total. The van der Waals surface area contributed by atoms with Gasteiger partial charge in [0, 0.05) is 22.2 Å². The number of aromatic amines is 1. The van der Waals surface area contributed by atoms with Crippen LogP contribution in [0.15, 0.2) is 28.7 Å². The molecule has 4 heteroatoms. The fourth-order valence-electron chi connectivity index (χ4n) is 2.57. The van der Waals surface area contributed by atoms with Crippen LogP contribution in [0.5, 0.6) is 0 Å². The van der Waals surface area contributed by atoms with Crippen molar-refractivity contribution in [1.29, 1.82) is 0 Å². The summed E-state index contributed by atoms with van der Waals surface area (Å²) in [7, 11) is 0. The number of aryl methyl sites for hydroxylation is 2. The molecule has 0 spiro atoms. The van der Waals surface area contributed by atoms with Crippen LogP contribution in [0.25, 0.3) is 22.2 Å². The molecular formula is C16H14FNO2. The largest absolute Gasteiger partial charge is 0.461 e. The number of Topliss-reactive ketones (excluding diaryl/α,β-unsaturated/α-hetero) is 1. The van der Waals surface area contributed by atoms with Gasteiger partial charge in [-0.15, -0.1) is 0 Å². The van der Waals surface area contributed by atoms with Crippen LogP contribution in [0.4, 0.5) is 4.39 Å². The van der Waals surface area contributed by atoms with Crippen molar-refractivity contribution in [2.75, 3.05) is 0 Å². The molecule has 20 heavy (non-hydrogen) atoms. The standard InChI is InChI=1S/C16H14FNO2/c1-8-16(13-6-11(17)4-5-14(13)18-8)15-7-12(9(2)19)10(3)20-15/h4-7,18H,1-3H3. The highest BCUT2D eigenvalue weighted by Gasteiger charge is 2.18. The van der Waals surface area contributed by atoms with Crippen LogP contribution in [-0.4, -0.2) is 10.8 Å². The maximum Gasteiger partial charge on any atom is 0.163 e. The Morgan fingerprint density at radius 1 is 1.25 bits per heavy atom. The second-order valence-electron chi connectivity index (χ2n) is 4.95. The molecule has 2 aromatic heterocycles. The van der Waals surface area contributed by atoms with Crippen molar-refractivity contribution in [2.24, 2.45) is 0 Å². The number of carbonyl (C=O) groups is 1. The van der Waals surface area contributed by atoms with Gasteiger partial charge in [0.25, 0.3) is 0 Å². The van der Waals surface area contributed by atoms with E-state index < -0.39 is 0 Å². The first-order valence-electron chi connectivity index (χ1n) is 6.37. The minimum Gasteiger partial charge on any atom is -0.461 e. The number of furan rings is 1. The molecule has 0 aliphatic carbocycles. The lowest BCUT2D eigenvalue weighted by Crippen LogP contribution is -1.90. The molecule has 102 valence electrons. The Kier molecular flexibility index (Phi) is 2.74. The third kappa shape index (κ3) is 1.84. The minimum atomic E-state index is -0.298. The molecule has 0 aliphatic rings. The number of halogens is 1. The van der Waals surface area contributed by atoms with Gasteiger partial charge in [0.2, 0.25) is 0 Å². The van der Waals surface area contributed by atoms with E-state index in [1.165, 1.54) is 19.1 Å². The first-order valence-corrected chi connectivity index (χ1v) is 6.37. The number of fused-ring (bicyclic) bond motifs is 1. The smallest absolute Gasteiger partial charge is 0.163 e. The molecule has 0 unspecified atom stereocenters. The molecule has 0 amide bonds. The van der Waals surface area contributed by atoms with E-state index in [0.29, 0.717) is 17.1 Å². The number of nitrogens with one attached hydrogen (secondary N) is 1. The van der Waals surface area contributed by atoms with Gasteiger partial charge < -0.3 is 9.40 Å². The Labute approximate surface area is 115 Å². The number of benzene rings is 1. The van der Waals surface area contributed by atoms with E-state index in [9.17, 15) is 9.18 Å². The van der Waals surface area contributed by atoms with Crippen LogP contribution in [-0.2, 0) is 0 Å². The molecule has 1 aromatic carbocycles. The summed E-state index contributed by atoms with van der Waals surface area (Å²) < 4.78 is 19.1. The number of hydrogen-bond acceptors (Lipinski definition) is 2. The molecular weight excluding hydrogens is 257 g/mol. The van der Waals surface area contributed by atoms with Crippen LogP contribution >= 0.6 is 0 Å². The monoisotopic (exact) mass is 271 g/mol. The summed E-state index contributed by atoms with van der Waals surface area (Å²) in [6, 6.07) is 6.30. The van der Waals surface area contributed by atoms with Gasteiger partial charge in [-0.3, -0.25) is 4.79 Å². The van der Waals surface area contributed by atoms with Gasteiger partial charge in [0.15, 0.2) is 5.78 Å². The summed E-state index contributed by atoms with van der Waals surface area (Å²) in [6.07, 6.45) is 0. The zero-order chi connectivity index (χ0) is 14.4. The minimum absolute atomic E-state index is 0.0406. The third-order valence-electron chi connectivity index (χ3n) is 3.49. The Hall–Kier alpha value is -2.36. The quantitative estimate of drug-likeness (QED) is 0.703. The van der Waals surface area contributed by atoms with Crippen molar-refractivity contribution < 1.29 is 13.6 Å². The van der Waals surface area contributed by atoms with E-state index in [0.717, 1.165) is 22.2 Å². The van der Waals surface area contributed by atoms with Crippen molar-refractivity contribution in [3.05, 3.63) is 47.1 Å². The molecule has 0 radical (unpaired) electrons. The molecule has 2 heterocycles. The predicted octanol–water partition coefficient (Wildman–Crippen LogP) is 4.39. The van der Waals surface area contributed by atoms with E-state index in [2.05, 4.69) is 4.98 Å². The highest BCUT2D eigenvalue weighted by molar-refractivity contribution is 6.00. The van der Waals surface area contributed by atoms with E-state index in [4.69, 9.17) is 4.42 Å². The van der Waals surface area contributed by atoms with Gasteiger partial charge in [-0.25, -0.2) is 4.39 Å². The van der Waals surface area contributed by atoms with Crippen LogP contribution in [0, 0.1) is 19.7 Å². The van der Waals surface area contributed by atoms with E-state index in [-0.39, 0.29) is 11.6 Å². The Morgan fingerprint density at radius 2 is 2.00 bits per heavy atom. The summed E-state index contributed by atoms with van der Waals surface area (Å²) in [6.45, 7) is 5.16. The SMILES string of the molecule is CC(=O)c1cc(-c2c(C)[nH]c3ccc(F)cc23)oc1C. The van der Waals surface area contributed by atoms with E-state index in [1.54, 1.807) is 19.1 Å². The topological polar surface area (TPSA) is 46.0 Å². The van der Waals surface area contributed by atoms with Gasteiger partial charge in [-0.2, -0.15) is 0 Å². The molecule has 0 atom stereocenters. The number of aromatic nitrogens is 1. The highest BCUT2D eigenvalue weighted by atomic mass is 19.1. The van der Waals surface area contributed by atoms with Gasteiger partial charge in [-0.1, -0.05) is 0 Å². The second-order valence-corrected chi connectivity index (χ2v) is 4.95. The van der Waals surface area contributed by atoms with Crippen LogP contribution in [0.3, 0.4) is 0 Å². The lowest BCUT2D eigenvalue weighted by Gasteiger charge is -1.97. The number of H-pyrrole nitrogens is 1. The molecule has 0 aliphatic heterocycles. The average Bonchev–Trinajstić information content (AvgIpc) is 2.88. The first kappa shape index (κ1) is 12.7. The highest BCUT2D eigenvalue weighted by Crippen LogP contribution is 2.35. The van der Waals surface area contributed by atoms with Gasteiger partial charge >= 0.3 is 0 Å². The predicted molar refractivity (Wildman–Crippen MR) is 75.4 cm³/mol. The molecule has 0 saturated heterocycles. The Balaban J connectivity index is 2.28. The molecule has 0 saturated carbocycles. The maximum absolute atomic E-state index is 13.5. The summed E-state index contributed by atoms with van der Waals surface area (Å²) in [4.78, 5) is 14.7.